The molecule has 0 saturated heterocycles. The summed E-state index contributed by atoms with van der Waals surface area (Å²) in [6, 6.07) is 5.45. The zero-order valence-electron chi connectivity index (χ0n) is 9.27. The molecule has 1 aliphatic rings. The number of carbonyl (C=O) groups is 1. The lowest BCUT2D eigenvalue weighted by Crippen LogP contribution is -2.11. The highest BCUT2D eigenvalue weighted by molar-refractivity contribution is 5.82. The Bertz CT molecular complexity index is 459. The van der Waals surface area contributed by atoms with Crippen molar-refractivity contribution in [2.45, 2.75) is 6.42 Å². The number of ether oxygens (including phenoxy) is 3. The van der Waals surface area contributed by atoms with E-state index in [0.29, 0.717) is 17.9 Å². The van der Waals surface area contributed by atoms with E-state index in [-0.39, 0.29) is 25.8 Å². The van der Waals surface area contributed by atoms with Crippen molar-refractivity contribution in [3.05, 3.63) is 23.8 Å². The van der Waals surface area contributed by atoms with Crippen molar-refractivity contribution < 1.29 is 19.0 Å². The van der Waals surface area contributed by atoms with E-state index in [1.807, 2.05) is 6.07 Å². The third kappa shape index (κ3) is 2.99. The maximum absolute atomic E-state index is 11.5. The van der Waals surface area contributed by atoms with Crippen LogP contribution < -0.4 is 9.47 Å². The predicted molar refractivity (Wildman–Crippen MR) is 60.9 cm³/mol. The second kappa shape index (κ2) is 5.37. The Morgan fingerprint density at radius 3 is 3.06 bits per heavy atom. The van der Waals surface area contributed by atoms with Crippen LogP contribution in [0.4, 0.5) is 0 Å². The highest BCUT2D eigenvalue weighted by Gasteiger charge is 2.14. The Morgan fingerprint density at radius 2 is 2.24 bits per heavy atom. The molecule has 0 aromatic heterocycles. The second-order valence-corrected chi connectivity index (χ2v) is 3.60. The first-order valence-corrected chi connectivity index (χ1v) is 5.21. The van der Waals surface area contributed by atoms with Gasteiger partial charge in [0.15, 0.2) is 17.3 Å². The summed E-state index contributed by atoms with van der Waals surface area (Å²) in [7, 11) is 0. The Hall–Kier alpha value is -1.99. The van der Waals surface area contributed by atoms with E-state index >= 15 is 0 Å². The van der Waals surface area contributed by atoms with Gasteiger partial charge in [0.25, 0.3) is 0 Å². The molecule has 0 spiro atoms. The average molecular weight is 232 g/mol. The van der Waals surface area contributed by atoms with E-state index in [9.17, 15) is 4.79 Å². The first-order valence-electron chi connectivity index (χ1n) is 5.21. The highest BCUT2D eigenvalue weighted by atomic mass is 16.7. The van der Waals surface area contributed by atoms with Crippen LogP contribution in [0.15, 0.2) is 18.2 Å². The van der Waals surface area contributed by atoms with E-state index in [0.717, 1.165) is 5.56 Å². The number of terminal acetylenes is 1. The molecule has 0 bridgehead atoms. The molecule has 0 aliphatic carbocycles. The molecular weight excluding hydrogens is 220 g/mol. The summed E-state index contributed by atoms with van der Waals surface area (Å²) in [6.45, 7) is 0.434. The maximum atomic E-state index is 11.5. The molecule has 88 valence electrons. The quantitative estimate of drug-likeness (QED) is 0.565. The van der Waals surface area contributed by atoms with Gasteiger partial charge < -0.3 is 14.2 Å². The van der Waals surface area contributed by atoms with Gasteiger partial charge in [0.1, 0.15) is 13.2 Å². The molecule has 0 amide bonds. The molecule has 1 aromatic carbocycles. The number of carbonyl (C=O) groups excluding carboxylic acids is 1. The Labute approximate surface area is 99.5 Å². The number of benzene rings is 1. The van der Waals surface area contributed by atoms with Crippen LogP contribution in [0.5, 0.6) is 11.5 Å². The Balaban J connectivity index is 1.91. The molecule has 4 nitrogen and oxygen atoms in total. The lowest BCUT2D eigenvalue weighted by Gasteiger charge is -2.02. The molecule has 0 fully saturated rings. The lowest BCUT2D eigenvalue weighted by atomic mass is 10.1. The smallest absolute Gasteiger partial charge is 0.231 e. The van der Waals surface area contributed by atoms with Gasteiger partial charge in [0.2, 0.25) is 6.79 Å². The van der Waals surface area contributed by atoms with Gasteiger partial charge in [-0.25, -0.2) is 0 Å². The molecule has 1 aliphatic heterocycles. The van der Waals surface area contributed by atoms with Crippen LogP contribution in [0.1, 0.15) is 5.56 Å². The van der Waals surface area contributed by atoms with Gasteiger partial charge in [-0.05, 0) is 17.7 Å². The molecule has 0 radical (unpaired) electrons. The molecule has 17 heavy (non-hydrogen) atoms. The Morgan fingerprint density at radius 1 is 1.41 bits per heavy atom. The van der Waals surface area contributed by atoms with Crippen molar-refractivity contribution in [2.24, 2.45) is 0 Å². The fraction of sp³-hybridized carbons (Fsp3) is 0.308. The average Bonchev–Trinajstić information content (AvgIpc) is 2.76. The summed E-state index contributed by atoms with van der Waals surface area (Å²) in [6.07, 6.45) is 5.32. The van der Waals surface area contributed by atoms with Crippen molar-refractivity contribution in [1.29, 1.82) is 0 Å². The molecular formula is C13H12O4. The summed E-state index contributed by atoms with van der Waals surface area (Å²) in [5.74, 6) is 3.69. The fourth-order valence-corrected chi connectivity index (χ4v) is 1.55. The van der Waals surface area contributed by atoms with Crippen LogP contribution in [-0.2, 0) is 16.0 Å². The van der Waals surface area contributed by atoms with Crippen molar-refractivity contribution in [3.8, 4) is 23.8 Å². The largest absolute Gasteiger partial charge is 0.454 e. The van der Waals surface area contributed by atoms with Gasteiger partial charge in [0, 0.05) is 6.42 Å². The summed E-state index contributed by atoms with van der Waals surface area (Å²) in [5, 5.41) is 0. The molecule has 2 rings (SSSR count). The number of rotatable bonds is 5. The van der Waals surface area contributed by atoms with Crippen LogP contribution in [0.25, 0.3) is 0 Å². The van der Waals surface area contributed by atoms with Crippen LogP contribution in [0.2, 0.25) is 0 Å². The predicted octanol–water partition coefficient (Wildman–Crippen LogP) is 1.18. The van der Waals surface area contributed by atoms with Crippen LogP contribution >= 0.6 is 0 Å². The fourth-order valence-electron chi connectivity index (χ4n) is 1.55. The van der Waals surface area contributed by atoms with E-state index in [1.165, 1.54) is 0 Å². The van der Waals surface area contributed by atoms with Gasteiger partial charge in [-0.1, -0.05) is 12.0 Å². The topological polar surface area (TPSA) is 44.8 Å². The first-order chi connectivity index (χ1) is 8.29. The zero-order valence-corrected chi connectivity index (χ0v) is 9.27. The van der Waals surface area contributed by atoms with Gasteiger partial charge in [-0.15, -0.1) is 6.42 Å². The van der Waals surface area contributed by atoms with Crippen molar-refractivity contribution in [1.82, 2.24) is 0 Å². The molecule has 0 N–H and O–H groups in total. The second-order valence-electron chi connectivity index (χ2n) is 3.60. The molecule has 1 aromatic rings. The van der Waals surface area contributed by atoms with Crippen molar-refractivity contribution >= 4 is 5.78 Å². The van der Waals surface area contributed by atoms with E-state index < -0.39 is 0 Å². The first kappa shape index (κ1) is 11.5. The normalized spacial score (nSPS) is 12.2. The maximum Gasteiger partial charge on any atom is 0.231 e. The monoisotopic (exact) mass is 232 g/mol. The molecule has 4 heteroatoms. The highest BCUT2D eigenvalue weighted by Crippen LogP contribution is 2.32. The summed E-state index contributed by atoms with van der Waals surface area (Å²) >= 11 is 0. The van der Waals surface area contributed by atoms with Crippen molar-refractivity contribution in [3.63, 3.8) is 0 Å². The van der Waals surface area contributed by atoms with Gasteiger partial charge in [0.05, 0.1) is 0 Å². The minimum Gasteiger partial charge on any atom is -0.454 e. The zero-order chi connectivity index (χ0) is 12.1. The minimum absolute atomic E-state index is 0.0147. The van der Waals surface area contributed by atoms with Crippen LogP contribution in [-0.4, -0.2) is 25.8 Å². The van der Waals surface area contributed by atoms with Crippen LogP contribution in [0.3, 0.4) is 0 Å². The van der Waals surface area contributed by atoms with Crippen LogP contribution in [0, 0.1) is 12.3 Å². The number of hydrogen-bond acceptors (Lipinski definition) is 4. The SMILES string of the molecule is C#CCOCC(=O)Cc1ccc2c(c1)OCO2. The standard InChI is InChI=1S/C13H12O4/c1-2-5-15-8-11(14)6-10-3-4-12-13(7-10)17-9-16-12/h1,3-4,7H,5-6,8-9H2. The van der Waals surface area contributed by atoms with E-state index in [2.05, 4.69) is 5.92 Å². The number of Topliss-reactive ketones (excluding diaryl/α,β-unsaturated/α-hetero) is 1. The molecule has 0 atom stereocenters. The lowest BCUT2D eigenvalue weighted by molar-refractivity contribution is -0.122. The molecule has 0 unspecified atom stereocenters. The van der Waals surface area contributed by atoms with E-state index in [1.54, 1.807) is 12.1 Å². The minimum atomic E-state index is -0.0147. The third-order valence-electron chi connectivity index (χ3n) is 2.29. The summed E-state index contributed by atoms with van der Waals surface area (Å²) < 4.78 is 15.4. The summed E-state index contributed by atoms with van der Waals surface area (Å²) in [5.41, 5.74) is 0.878. The Kier molecular flexibility index (Phi) is 3.63. The number of hydrogen-bond donors (Lipinski definition) is 0. The van der Waals surface area contributed by atoms with Crippen molar-refractivity contribution in [2.75, 3.05) is 20.0 Å². The van der Waals surface area contributed by atoms with Gasteiger partial charge in [-0.3, -0.25) is 4.79 Å². The van der Waals surface area contributed by atoms with Gasteiger partial charge >= 0.3 is 0 Å². The molecule has 0 saturated carbocycles. The molecule has 1 heterocycles. The van der Waals surface area contributed by atoms with E-state index in [4.69, 9.17) is 20.6 Å². The summed E-state index contributed by atoms with van der Waals surface area (Å²) in [4.78, 5) is 11.5. The number of ketones is 1. The van der Waals surface area contributed by atoms with Gasteiger partial charge in [-0.2, -0.15) is 0 Å². The number of fused-ring (bicyclic) bond motifs is 1. The third-order valence-corrected chi connectivity index (χ3v) is 2.29.